The van der Waals surface area contributed by atoms with Crippen LogP contribution in [0.2, 0.25) is 0 Å². The van der Waals surface area contributed by atoms with Crippen LogP contribution in [0.3, 0.4) is 0 Å². The third-order valence-electron chi connectivity index (χ3n) is 3.05. The van der Waals surface area contributed by atoms with Gasteiger partial charge in [-0.1, -0.05) is 0 Å². The van der Waals surface area contributed by atoms with Gasteiger partial charge in [0.05, 0.1) is 17.6 Å². The van der Waals surface area contributed by atoms with Crippen molar-refractivity contribution >= 4 is 17.4 Å². The molecule has 0 fully saturated rings. The third-order valence-corrected chi connectivity index (χ3v) is 3.69. The summed E-state index contributed by atoms with van der Waals surface area (Å²) in [5, 5.41) is 0. The summed E-state index contributed by atoms with van der Waals surface area (Å²) in [7, 11) is 2.12. The van der Waals surface area contributed by atoms with Crippen molar-refractivity contribution in [1.82, 2.24) is 4.98 Å². The fraction of sp³-hybridized carbons (Fsp3) is 0.615. The minimum Gasteiger partial charge on any atom is -0.371 e. The number of thioether (sulfide) groups is 1. The molecule has 1 aromatic heterocycles. The van der Waals surface area contributed by atoms with Crippen LogP contribution in [-0.2, 0) is 0 Å². The van der Waals surface area contributed by atoms with Crippen LogP contribution in [0.1, 0.15) is 32.0 Å². The van der Waals surface area contributed by atoms with Crippen molar-refractivity contribution in [2.75, 3.05) is 24.0 Å². The number of aromatic nitrogens is 1. The van der Waals surface area contributed by atoms with Gasteiger partial charge in [0.25, 0.3) is 0 Å². The highest BCUT2D eigenvalue weighted by molar-refractivity contribution is 7.98. The standard InChI is InChI=1S/C13H23N3S/c1-10(7-8-17-4)16(3)12-5-6-13(11(2)14)15-9-12/h5-6,9-11H,7-8,14H2,1-4H3/t10?,11-/m0/s1. The molecule has 0 aromatic carbocycles. The quantitative estimate of drug-likeness (QED) is 0.846. The van der Waals surface area contributed by atoms with Crippen LogP contribution < -0.4 is 10.6 Å². The Bertz CT molecular complexity index is 324. The molecule has 17 heavy (non-hydrogen) atoms. The lowest BCUT2D eigenvalue weighted by Crippen LogP contribution is -2.29. The molecule has 0 saturated heterocycles. The predicted molar refractivity (Wildman–Crippen MR) is 77.7 cm³/mol. The van der Waals surface area contributed by atoms with Crippen LogP contribution in [0.5, 0.6) is 0 Å². The maximum absolute atomic E-state index is 5.79. The molecule has 0 aliphatic heterocycles. The van der Waals surface area contributed by atoms with E-state index in [1.165, 1.54) is 12.2 Å². The highest BCUT2D eigenvalue weighted by Crippen LogP contribution is 2.18. The second-order valence-corrected chi connectivity index (χ2v) is 5.46. The molecule has 0 amide bonds. The van der Waals surface area contributed by atoms with Crippen molar-refractivity contribution in [1.29, 1.82) is 0 Å². The number of hydrogen-bond acceptors (Lipinski definition) is 4. The van der Waals surface area contributed by atoms with Gasteiger partial charge in [0.1, 0.15) is 0 Å². The Morgan fingerprint density at radius 2 is 2.12 bits per heavy atom. The van der Waals surface area contributed by atoms with E-state index in [9.17, 15) is 0 Å². The SMILES string of the molecule is CSCCC(C)N(C)c1ccc([C@H](C)N)nc1. The summed E-state index contributed by atoms with van der Waals surface area (Å²) in [4.78, 5) is 6.66. The van der Waals surface area contributed by atoms with E-state index in [0.717, 1.165) is 11.4 Å². The second kappa shape index (κ2) is 6.87. The Morgan fingerprint density at radius 1 is 1.41 bits per heavy atom. The van der Waals surface area contributed by atoms with Crippen LogP contribution >= 0.6 is 11.8 Å². The Hall–Kier alpha value is -0.740. The average molecular weight is 253 g/mol. The van der Waals surface area contributed by atoms with E-state index in [1.807, 2.05) is 30.9 Å². The number of anilines is 1. The van der Waals surface area contributed by atoms with Gasteiger partial charge in [-0.05, 0) is 44.4 Å². The lowest BCUT2D eigenvalue weighted by atomic mass is 10.2. The first kappa shape index (κ1) is 14.3. The largest absolute Gasteiger partial charge is 0.371 e. The van der Waals surface area contributed by atoms with Crippen molar-refractivity contribution in [2.45, 2.75) is 32.4 Å². The van der Waals surface area contributed by atoms with Gasteiger partial charge in [0.2, 0.25) is 0 Å². The van der Waals surface area contributed by atoms with Gasteiger partial charge in [0, 0.05) is 19.1 Å². The number of hydrogen-bond donors (Lipinski definition) is 1. The monoisotopic (exact) mass is 253 g/mol. The van der Waals surface area contributed by atoms with Crippen LogP contribution in [0.25, 0.3) is 0 Å². The van der Waals surface area contributed by atoms with Gasteiger partial charge in [-0.2, -0.15) is 11.8 Å². The lowest BCUT2D eigenvalue weighted by molar-refractivity contribution is 0.667. The first-order chi connectivity index (χ1) is 8.06. The van der Waals surface area contributed by atoms with E-state index < -0.39 is 0 Å². The van der Waals surface area contributed by atoms with Gasteiger partial charge in [-0.25, -0.2) is 0 Å². The summed E-state index contributed by atoms with van der Waals surface area (Å²) in [6.45, 7) is 4.20. The molecule has 0 bridgehead atoms. The van der Waals surface area contributed by atoms with Crippen molar-refractivity contribution in [2.24, 2.45) is 5.73 Å². The molecule has 2 atom stereocenters. The first-order valence-electron chi connectivity index (χ1n) is 5.99. The van der Waals surface area contributed by atoms with Crippen molar-refractivity contribution in [3.8, 4) is 0 Å². The Balaban J connectivity index is 2.65. The molecule has 1 unspecified atom stereocenters. The number of pyridine rings is 1. The molecule has 96 valence electrons. The molecule has 0 aliphatic rings. The van der Waals surface area contributed by atoms with Crippen molar-refractivity contribution in [3.05, 3.63) is 24.0 Å². The summed E-state index contributed by atoms with van der Waals surface area (Å²) in [6, 6.07) is 4.65. The zero-order chi connectivity index (χ0) is 12.8. The Labute approximate surface area is 109 Å². The smallest absolute Gasteiger partial charge is 0.0569 e. The van der Waals surface area contributed by atoms with E-state index in [1.54, 1.807) is 0 Å². The Kier molecular flexibility index (Phi) is 5.78. The molecule has 1 rings (SSSR count). The van der Waals surface area contributed by atoms with Crippen LogP contribution in [0.4, 0.5) is 5.69 Å². The number of rotatable bonds is 6. The lowest BCUT2D eigenvalue weighted by Gasteiger charge is -2.26. The normalized spacial score (nSPS) is 14.4. The van der Waals surface area contributed by atoms with E-state index >= 15 is 0 Å². The molecular formula is C13H23N3S. The van der Waals surface area contributed by atoms with E-state index in [4.69, 9.17) is 5.73 Å². The van der Waals surface area contributed by atoms with Crippen LogP contribution in [0, 0.1) is 0 Å². The molecule has 0 spiro atoms. The number of nitrogens with two attached hydrogens (primary N) is 1. The molecule has 3 nitrogen and oxygen atoms in total. The van der Waals surface area contributed by atoms with Gasteiger partial charge in [0.15, 0.2) is 0 Å². The fourth-order valence-electron chi connectivity index (χ4n) is 1.61. The zero-order valence-electron chi connectivity index (χ0n) is 11.2. The first-order valence-corrected chi connectivity index (χ1v) is 7.39. The van der Waals surface area contributed by atoms with Gasteiger partial charge in [-0.15, -0.1) is 0 Å². The summed E-state index contributed by atoms with van der Waals surface area (Å²) >= 11 is 1.89. The summed E-state index contributed by atoms with van der Waals surface area (Å²) < 4.78 is 0. The molecule has 0 saturated carbocycles. The maximum Gasteiger partial charge on any atom is 0.0569 e. The molecule has 4 heteroatoms. The van der Waals surface area contributed by atoms with Gasteiger partial charge in [-0.3, -0.25) is 4.98 Å². The number of nitrogens with zero attached hydrogens (tertiary/aromatic N) is 2. The molecule has 2 N–H and O–H groups in total. The summed E-state index contributed by atoms with van der Waals surface area (Å²) in [5.41, 5.74) is 7.89. The zero-order valence-corrected chi connectivity index (χ0v) is 12.0. The Morgan fingerprint density at radius 3 is 2.59 bits per heavy atom. The van der Waals surface area contributed by atoms with Crippen LogP contribution in [0.15, 0.2) is 18.3 Å². The maximum atomic E-state index is 5.79. The molecule has 0 aliphatic carbocycles. The molecule has 1 aromatic rings. The highest BCUT2D eigenvalue weighted by Gasteiger charge is 2.10. The molecule has 1 heterocycles. The van der Waals surface area contributed by atoms with Crippen LogP contribution in [-0.4, -0.2) is 30.1 Å². The summed E-state index contributed by atoms with van der Waals surface area (Å²) in [6.07, 6.45) is 5.24. The summed E-state index contributed by atoms with van der Waals surface area (Å²) in [5.74, 6) is 1.19. The van der Waals surface area contributed by atoms with Gasteiger partial charge >= 0.3 is 0 Å². The fourth-order valence-corrected chi connectivity index (χ4v) is 2.19. The third kappa shape index (κ3) is 4.21. The van der Waals surface area contributed by atoms with E-state index in [-0.39, 0.29) is 6.04 Å². The van der Waals surface area contributed by atoms with E-state index in [2.05, 4.69) is 36.2 Å². The van der Waals surface area contributed by atoms with Crippen molar-refractivity contribution in [3.63, 3.8) is 0 Å². The topological polar surface area (TPSA) is 42.1 Å². The van der Waals surface area contributed by atoms with E-state index in [0.29, 0.717) is 6.04 Å². The minimum absolute atomic E-state index is 0.00303. The molecular weight excluding hydrogens is 230 g/mol. The second-order valence-electron chi connectivity index (χ2n) is 4.47. The molecule has 0 radical (unpaired) electrons. The van der Waals surface area contributed by atoms with Crippen molar-refractivity contribution < 1.29 is 0 Å². The highest BCUT2D eigenvalue weighted by atomic mass is 32.2. The predicted octanol–water partition coefficient (Wildman–Crippen LogP) is 2.68. The average Bonchev–Trinajstić information content (AvgIpc) is 2.35. The van der Waals surface area contributed by atoms with Gasteiger partial charge < -0.3 is 10.6 Å². The minimum atomic E-state index is 0.00303.